The molecule has 0 bridgehead atoms. The fourth-order valence-electron chi connectivity index (χ4n) is 0.632. The Morgan fingerprint density at radius 2 is 1.82 bits per heavy atom. The van der Waals surface area contributed by atoms with Crippen LogP contribution in [0.25, 0.3) is 0 Å². The summed E-state index contributed by atoms with van der Waals surface area (Å²) in [4.78, 5) is 0. The van der Waals surface area contributed by atoms with E-state index in [2.05, 4.69) is 12.6 Å². The molecule has 0 atom stereocenters. The van der Waals surface area contributed by atoms with E-state index in [4.69, 9.17) is 5.26 Å². The number of allylic oxidation sites excluding steroid dienone is 5. The number of hydrogen-bond acceptors (Lipinski definition) is 1. The molecular weight excluding hydrogens is 134 g/mol. The second-order valence-corrected chi connectivity index (χ2v) is 2.51. The summed E-state index contributed by atoms with van der Waals surface area (Å²) in [6.45, 7) is 9.38. The average Bonchev–Trinajstić information content (AvgIpc) is 2.02. The van der Waals surface area contributed by atoms with Gasteiger partial charge in [0.2, 0.25) is 0 Å². The van der Waals surface area contributed by atoms with Gasteiger partial charge in [0.1, 0.15) is 0 Å². The Labute approximate surface area is 68.3 Å². The smallest absolute Gasteiger partial charge is 0.0944 e. The predicted molar refractivity (Wildman–Crippen MR) is 47.9 cm³/mol. The summed E-state index contributed by atoms with van der Waals surface area (Å²) in [6.07, 6.45) is 3.65. The van der Waals surface area contributed by atoms with Crippen LogP contribution in [0.4, 0.5) is 0 Å². The van der Waals surface area contributed by atoms with E-state index in [0.717, 1.165) is 16.7 Å². The van der Waals surface area contributed by atoms with E-state index in [1.54, 1.807) is 13.0 Å². The molecule has 0 saturated carbocycles. The maximum atomic E-state index is 8.47. The van der Waals surface area contributed by atoms with Gasteiger partial charge in [-0.25, -0.2) is 0 Å². The van der Waals surface area contributed by atoms with Gasteiger partial charge in [-0.3, -0.25) is 0 Å². The molecule has 0 rings (SSSR count). The molecular formula is C10H13N. The largest absolute Gasteiger partial charge is 0.193 e. The second kappa shape index (κ2) is 4.51. The normalized spacial score (nSPS) is 13.5. The molecule has 0 aliphatic heterocycles. The van der Waals surface area contributed by atoms with E-state index in [1.807, 2.05) is 19.9 Å². The van der Waals surface area contributed by atoms with E-state index < -0.39 is 0 Å². The first-order valence-corrected chi connectivity index (χ1v) is 3.50. The van der Waals surface area contributed by atoms with Crippen molar-refractivity contribution in [2.75, 3.05) is 0 Å². The zero-order valence-corrected chi connectivity index (χ0v) is 7.31. The van der Waals surface area contributed by atoms with Gasteiger partial charge in [0.25, 0.3) is 0 Å². The van der Waals surface area contributed by atoms with Crippen LogP contribution in [-0.4, -0.2) is 0 Å². The van der Waals surface area contributed by atoms with Crippen LogP contribution in [0.1, 0.15) is 20.8 Å². The Morgan fingerprint density at radius 1 is 1.27 bits per heavy atom. The van der Waals surface area contributed by atoms with Gasteiger partial charge in [-0.05, 0) is 38.0 Å². The quantitative estimate of drug-likeness (QED) is 0.435. The standard InChI is InChI=1S/C10H13N/c1-5-9(3)10(4)6-8(2)7-11/h5-6H,1H2,2-4H3/b8-6+,10-9+. The molecule has 0 aromatic carbocycles. The van der Waals surface area contributed by atoms with E-state index >= 15 is 0 Å². The highest BCUT2D eigenvalue weighted by molar-refractivity contribution is 5.34. The highest BCUT2D eigenvalue weighted by Crippen LogP contribution is 2.07. The van der Waals surface area contributed by atoms with Crippen molar-refractivity contribution >= 4 is 0 Å². The third-order valence-corrected chi connectivity index (χ3v) is 1.54. The maximum absolute atomic E-state index is 8.47. The van der Waals surface area contributed by atoms with Crippen LogP contribution in [0.15, 0.2) is 35.5 Å². The first-order valence-electron chi connectivity index (χ1n) is 3.50. The lowest BCUT2D eigenvalue weighted by Crippen LogP contribution is -1.77. The van der Waals surface area contributed by atoms with Crippen molar-refractivity contribution in [3.05, 3.63) is 35.5 Å². The monoisotopic (exact) mass is 147 g/mol. The van der Waals surface area contributed by atoms with Crippen molar-refractivity contribution in [3.63, 3.8) is 0 Å². The molecule has 0 saturated heterocycles. The average molecular weight is 147 g/mol. The van der Waals surface area contributed by atoms with E-state index in [-0.39, 0.29) is 0 Å². The van der Waals surface area contributed by atoms with Gasteiger partial charge in [0, 0.05) is 5.57 Å². The molecule has 0 aliphatic carbocycles. The molecule has 0 aliphatic rings. The number of nitrogens with zero attached hydrogens (tertiary/aromatic N) is 1. The van der Waals surface area contributed by atoms with Crippen LogP contribution in [-0.2, 0) is 0 Å². The molecule has 0 fully saturated rings. The van der Waals surface area contributed by atoms with Crippen LogP contribution in [0.5, 0.6) is 0 Å². The summed E-state index contributed by atoms with van der Waals surface area (Å²) >= 11 is 0. The Bertz CT molecular complexity index is 249. The van der Waals surface area contributed by atoms with Gasteiger partial charge in [-0.2, -0.15) is 5.26 Å². The summed E-state index contributed by atoms with van der Waals surface area (Å²) in [7, 11) is 0. The Morgan fingerprint density at radius 3 is 2.18 bits per heavy atom. The predicted octanol–water partition coefficient (Wildman–Crippen LogP) is 2.98. The van der Waals surface area contributed by atoms with Gasteiger partial charge in [-0.15, -0.1) is 0 Å². The Balaban J connectivity index is 4.67. The summed E-state index contributed by atoms with van der Waals surface area (Å²) in [5.74, 6) is 0. The molecule has 0 aromatic heterocycles. The van der Waals surface area contributed by atoms with Gasteiger partial charge in [0.05, 0.1) is 6.07 Å². The molecule has 0 heterocycles. The molecule has 0 amide bonds. The second-order valence-electron chi connectivity index (χ2n) is 2.51. The van der Waals surface area contributed by atoms with E-state index in [1.165, 1.54) is 0 Å². The van der Waals surface area contributed by atoms with Crippen molar-refractivity contribution in [2.24, 2.45) is 0 Å². The molecule has 0 unspecified atom stereocenters. The maximum Gasteiger partial charge on any atom is 0.0944 e. The topological polar surface area (TPSA) is 23.8 Å². The fraction of sp³-hybridized carbons (Fsp3) is 0.300. The summed E-state index contributed by atoms with van der Waals surface area (Å²) in [5.41, 5.74) is 2.93. The zero-order valence-electron chi connectivity index (χ0n) is 7.31. The van der Waals surface area contributed by atoms with Crippen molar-refractivity contribution in [1.82, 2.24) is 0 Å². The summed E-state index contributed by atoms with van der Waals surface area (Å²) in [6, 6.07) is 2.07. The summed E-state index contributed by atoms with van der Waals surface area (Å²) in [5, 5.41) is 8.47. The van der Waals surface area contributed by atoms with Gasteiger partial charge < -0.3 is 0 Å². The molecule has 0 N–H and O–H groups in total. The molecule has 0 spiro atoms. The SMILES string of the molecule is C=C/C(C)=C(C)/C=C(\C)C#N. The first kappa shape index (κ1) is 9.71. The lowest BCUT2D eigenvalue weighted by atomic mass is 10.1. The number of nitriles is 1. The van der Waals surface area contributed by atoms with Crippen molar-refractivity contribution in [2.45, 2.75) is 20.8 Å². The lowest BCUT2D eigenvalue weighted by molar-refractivity contribution is 1.34. The highest BCUT2D eigenvalue weighted by atomic mass is 14.2. The first-order chi connectivity index (χ1) is 5.11. The van der Waals surface area contributed by atoms with Crippen LogP contribution in [0, 0.1) is 11.3 Å². The van der Waals surface area contributed by atoms with Crippen LogP contribution < -0.4 is 0 Å². The molecule has 58 valence electrons. The van der Waals surface area contributed by atoms with Gasteiger partial charge in [-0.1, -0.05) is 12.7 Å². The Hall–Kier alpha value is -1.29. The van der Waals surface area contributed by atoms with Crippen molar-refractivity contribution in [1.29, 1.82) is 5.26 Å². The summed E-state index contributed by atoms with van der Waals surface area (Å²) < 4.78 is 0. The minimum absolute atomic E-state index is 0.726. The molecule has 0 aromatic rings. The fourth-order valence-corrected chi connectivity index (χ4v) is 0.632. The number of hydrogen-bond donors (Lipinski definition) is 0. The molecule has 11 heavy (non-hydrogen) atoms. The lowest BCUT2D eigenvalue weighted by Gasteiger charge is -1.95. The highest BCUT2D eigenvalue weighted by Gasteiger charge is 1.89. The minimum Gasteiger partial charge on any atom is -0.193 e. The van der Waals surface area contributed by atoms with Gasteiger partial charge >= 0.3 is 0 Å². The molecule has 1 heteroatoms. The molecule has 0 radical (unpaired) electrons. The zero-order chi connectivity index (χ0) is 8.85. The third kappa shape index (κ3) is 3.42. The number of rotatable bonds is 2. The van der Waals surface area contributed by atoms with Crippen molar-refractivity contribution < 1.29 is 0 Å². The minimum atomic E-state index is 0.726. The van der Waals surface area contributed by atoms with Crippen LogP contribution >= 0.6 is 0 Å². The van der Waals surface area contributed by atoms with Crippen LogP contribution in [0.3, 0.4) is 0 Å². The third-order valence-electron chi connectivity index (χ3n) is 1.54. The Kier molecular flexibility index (Phi) is 3.98. The van der Waals surface area contributed by atoms with Gasteiger partial charge in [0.15, 0.2) is 0 Å². The van der Waals surface area contributed by atoms with E-state index in [0.29, 0.717) is 0 Å². The van der Waals surface area contributed by atoms with E-state index in [9.17, 15) is 0 Å². The van der Waals surface area contributed by atoms with Crippen molar-refractivity contribution in [3.8, 4) is 6.07 Å². The van der Waals surface area contributed by atoms with Crippen LogP contribution in [0.2, 0.25) is 0 Å². The molecule has 1 nitrogen and oxygen atoms in total.